The summed E-state index contributed by atoms with van der Waals surface area (Å²) < 4.78 is 22.8. The molecule has 6 nitrogen and oxygen atoms in total. The van der Waals surface area contributed by atoms with Gasteiger partial charge < -0.3 is 29.2 Å². The van der Waals surface area contributed by atoms with Crippen LogP contribution in [0.2, 0.25) is 24.7 Å². The summed E-state index contributed by atoms with van der Waals surface area (Å²) in [5.74, 6) is 0. The molecule has 8 heteroatoms. The first-order valence-electron chi connectivity index (χ1n) is 9.88. The summed E-state index contributed by atoms with van der Waals surface area (Å²) in [4.78, 5) is 0. The summed E-state index contributed by atoms with van der Waals surface area (Å²) in [6.45, 7) is 16.8. The van der Waals surface area contributed by atoms with Gasteiger partial charge in [0.2, 0.25) is 0 Å². The molecule has 0 atom stereocenters. The van der Waals surface area contributed by atoms with Crippen LogP contribution in [0.5, 0.6) is 0 Å². The zero-order valence-corrected chi connectivity index (χ0v) is 19.6. The number of rotatable bonds is 15. The molecular weight excluding hydrogens is 352 g/mol. The van der Waals surface area contributed by atoms with Gasteiger partial charge in [0, 0.05) is 26.4 Å². The van der Waals surface area contributed by atoms with Crippen molar-refractivity contribution in [2.45, 2.75) is 72.1 Å². The smallest absolute Gasteiger partial charge is 0.337 e. The van der Waals surface area contributed by atoms with E-state index in [2.05, 4.69) is 13.5 Å². The maximum absolute atomic E-state index is 5.78. The van der Waals surface area contributed by atoms with E-state index < -0.39 is 17.1 Å². The molecule has 0 aromatic heterocycles. The van der Waals surface area contributed by atoms with Gasteiger partial charge in [0.15, 0.2) is 0 Å². The Labute approximate surface area is 158 Å². The molecule has 0 unspecified atom stereocenters. The quantitative estimate of drug-likeness (QED) is 0.413. The van der Waals surface area contributed by atoms with Gasteiger partial charge in [-0.15, -0.1) is 0 Å². The summed E-state index contributed by atoms with van der Waals surface area (Å²) in [6.07, 6.45) is 2.02. The zero-order valence-electron chi connectivity index (χ0n) is 17.6. The molecule has 154 valence electrons. The maximum atomic E-state index is 5.78. The topological polar surface area (TPSA) is 89.0 Å². The third kappa shape index (κ3) is 14.0. The van der Waals surface area contributed by atoms with E-state index in [9.17, 15) is 0 Å². The molecule has 0 amide bonds. The average molecular weight is 397 g/mol. The second-order valence-electron chi connectivity index (χ2n) is 5.91. The van der Waals surface area contributed by atoms with Crippen LogP contribution in [0.3, 0.4) is 0 Å². The minimum Gasteiger partial charge on any atom is -0.395 e. The summed E-state index contributed by atoms with van der Waals surface area (Å²) in [5, 5.41) is 0. The molecule has 0 aromatic rings. The highest BCUT2D eigenvalue weighted by Gasteiger charge is 2.33. The molecule has 4 N–H and O–H groups in total. The fraction of sp³-hybridized carbons (Fsp3) is 1.00. The second kappa shape index (κ2) is 17.6. The Morgan fingerprint density at radius 3 is 1.36 bits per heavy atom. The van der Waals surface area contributed by atoms with Crippen molar-refractivity contribution >= 4 is 17.1 Å². The standard InChI is InChI=1S/C9H23NO2Si.C8H21NO2Si/c1-4-11-13(6-3,12-5-2)9-7-8-10;1-4-10-12(3,11-5-2)8-6-7-9/h4-10H2,1-3H3;4-9H2,1-3H3. The van der Waals surface area contributed by atoms with E-state index in [1.54, 1.807) is 0 Å². The Morgan fingerprint density at radius 1 is 0.640 bits per heavy atom. The highest BCUT2D eigenvalue weighted by molar-refractivity contribution is 6.67. The Morgan fingerprint density at radius 2 is 1.04 bits per heavy atom. The molecule has 0 spiro atoms. The Kier molecular flexibility index (Phi) is 19.3. The van der Waals surface area contributed by atoms with Gasteiger partial charge >= 0.3 is 17.1 Å². The van der Waals surface area contributed by atoms with Crippen LogP contribution in [0.15, 0.2) is 0 Å². The third-order valence-corrected chi connectivity index (χ3v) is 10.7. The second-order valence-corrected chi connectivity index (χ2v) is 12.9. The van der Waals surface area contributed by atoms with Gasteiger partial charge in [-0.3, -0.25) is 0 Å². The van der Waals surface area contributed by atoms with Crippen LogP contribution in [-0.2, 0) is 17.7 Å². The highest BCUT2D eigenvalue weighted by atomic mass is 28.4. The molecule has 25 heavy (non-hydrogen) atoms. The molecule has 0 aliphatic carbocycles. The van der Waals surface area contributed by atoms with Crippen LogP contribution in [0.4, 0.5) is 0 Å². The van der Waals surface area contributed by atoms with Crippen molar-refractivity contribution in [1.29, 1.82) is 0 Å². The van der Waals surface area contributed by atoms with E-state index in [4.69, 9.17) is 29.2 Å². The van der Waals surface area contributed by atoms with Crippen LogP contribution in [0.1, 0.15) is 47.5 Å². The summed E-state index contributed by atoms with van der Waals surface area (Å²) in [7, 11) is -3.72. The van der Waals surface area contributed by atoms with Crippen molar-refractivity contribution in [1.82, 2.24) is 0 Å². The molecule has 0 aromatic carbocycles. The van der Waals surface area contributed by atoms with Crippen molar-refractivity contribution in [2.24, 2.45) is 11.5 Å². The predicted molar refractivity (Wildman–Crippen MR) is 111 cm³/mol. The van der Waals surface area contributed by atoms with Crippen molar-refractivity contribution < 1.29 is 17.7 Å². The Bertz CT molecular complexity index is 275. The summed E-state index contributed by atoms with van der Waals surface area (Å²) >= 11 is 0. The van der Waals surface area contributed by atoms with Gasteiger partial charge in [0.25, 0.3) is 0 Å². The van der Waals surface area contributed by atoms with Crippen LogP contribution >= 0.6 is 0 Å². The third-order valence-electron chi connectivity index (χ3n) is 3.85. The first-order chi connectivity index (χ1) is 11.9. The molecule has 0 aliphatic rings. The Balaban J connectivity index is 0. The molecule has 0 bridgehead atoms. The lowest BCUT2D eigenvalue weighted by molar-refractivity contribution is 0.183. The molecule has 0 aliphatic heterocycles. The lowest BCUT2D eigenvalue weighted by Crippen LogP contribution is -2.41. The first-order valence-corrected chi connectivity index (χ1v) is 14.6. The monoisotopic (exact) mass is 396 g/mol. The van der Waals surface area contributed by atoms with Crippen LogP contribution in [0.25, 0.3) is 0 Å². The van der Waals surface area contributed by atoms with E-state index in [0.29, 0.717) is 0 Å². The van der Waals surface area contributed by atoms with Crippen LogP contribution in [0, 0.1) is 0 Å². The predicted octanol–water partition coefficient (Wildman–Crippen LogP) is 3.35. The van der Waals surface area contributed by atoms with Gasteiger partial charge in [0.1, 0.15) is 0 Å². The SMILES string of the molecule is CCO[Si](C)(CCCN)OCC.CCO[Si](CC)(CCCN)OCC. The molecular formula is C17H44N2O4Si2. The normalized spacial score (nSPS) is 12.0. The average Bonchev–Trinajstić information content (AvgIpc) is 2.59. The molecule has 0 saturated heterocycles. The molecule has 0 radical (unpaired) electrons. The van der Waals surface area contributed by atoms with Gasteiger partial charge in [-0.1, -0.05) is 6.92 Å². The zero-order chi connectivity index (χ0) is 19.6. The van der Waals surface area contributed by atoms with E-state index in [1.165, 1.54) is 0 Å². The van der Waals surface area contributed by atoms with Gasteiger partial charge in [0.05, 0.1) is 0 Å². The lowest BCUT2D eigenvalue weighted by atomic mass is 10.5. The van der Waals surface area contributed by atoms with E-state index in [0.717, 1.165) is 70.5 Å². The summed E-state index contributed by atoms with van der Waals surface area (Å²) in [5.41, 5.74) is 10.9. The van der Waals surface area contributed by atoms with Crippen molar-refractivity contribution in [2.75, 3.05) is 39.5 Å². The first kappa shape index (κ1) is 27.4. The minimum atomic E-state index is -1.87. The molecule has 0 fully saturated rings. The van der Waals surface area contributed by atoms with Gasteiger partial charge in [-0.05, 0) is 78.3 Å². The van der Waals surface area contributed by atoms with E-state index >= 15 is 0 Å². The van der Waals surface area contributed by atoms with Crippen molar-refractivity contribution in [3.63, 3.8) is 0 Å². The highest BCUT2D eigenvalue weighted by Crippen LogP contribution is 2.20. The fourth-order valence-corrected chi connectivity index (χ4v) is 8.05. The number of hydrogen-bond donors (Lipinski definition) is 2. The summed E-state index contributed by atoms with van der Waals surface area (Å²) in [6, 6.07) is 3.06. The lowest BCUT2D eigenvalue weighted by Gasteiger charge is -2.28. The van der Waals surface area contributed by atoms with E-state index in [-0.39, 0.29) is 0 Å². The van der Waals surface area contributed by atoms with Crippen molar-refractivity contribution in [3.8, 4) is 0 Å². The van der Waals surface area contributed by atoms with Crippen molar-refractivity contribution in [3.05, 3.63) is 0 Å². The van der Waals surface area contributed by atoms with E-state index in [1.807, 2.05) is 27.7 Å². The van der Waals surface area contributed by atoms with Gasteiger partial charge in [-0.25, -0.2) is 0 Å². The maximum Gasteiger partial charge on any atom is 0.337 e. The number of nitrogens with two attached hydrogens (primary N) is 2. The van der Waals surface area contributed by atoms with Gasteiger partial charge in [-0.2, -0.15) is 0 Å². The van der Waals surface area contributed by atoms with Crippen LogP contribution < -0.4 is 11.5 Å². The molecule has 0 saturated carbocycles. The fourth-order valence-electron chi connectivity index (χ4n) is 2.68. The number of hydrogen-bond acceptors (Lipinski definition) is 6. The largest absolute Gasteiger partial charge is 0.395 e. The molecule has 0 heterocycles. The Hall–Kier alpha value is 0.194. The minimum absolute atomic E-state index is 0.725. The molecule has 0 rings (SSSR count). The van der Waals surface area contributed by atoms with Crippen LogP contribution in [-0.4, -0.2) is 56.6 Å².